The van der Waals surface area contributed by atoms with Gasteiger partial charge in [0.1, 0.15) is 93.2 Å². The minimum absolute atomic E-state index is 0.0420. The summed E-state index contributed by atoms with van der Waals surface area (Å²) in [7, 11) is 0. The molecule has 106 heavy (non-hydrogen) atoms. The van der Waals surface area contributed by atoms with Gasteiger partial charge in [-0.1, -0.05) is 0 Å². The van der Waals surface area contributed by atoms with Gasteiger partial charge in [-0.2, -0.15) is 0 Å². The number of phenols is 18. The predicted molar refractivity (Wildman–Crippen MR) is 346 cm³/mol. The molecule has 0 bridgehead atoms. The van der Waals surface area contributed by atoms with Crippen LogP contribution in [0.15, 0.2) is 108 Å². The summed E-state index contributed by atoms with van der Waals surface area (Å²) >= 11 is 0. The summed E-state index contributed by atoms with van der Waals surface area (Å²) in [6, 6.07) is 13.9. The van der Waals surface area contributed by atoms with Gasteiger partial charge in [-0.05, 0) is 48.0 Å². The number of phenolic OH excluding ortho intramolecular Hbond substituents is 18. The maximum Gasteiger partial charge on any atom is 0.338 e. The smallest absolute Gasteiger partial charge is 0.338 e. The molecule has 548 valence electrons. The van der Waals surface area contributed by atoms with Crippen molar-refractivity contribution < 1.29 is 169 Å². The minimum atomic E-state index is -2.78. The lowest BCUT2D eigenvalue weighted by Gasteiger charge is -2.41. The summed E-state index contributed by atoms with van der Waals surface area (Å²) in [4.78, 5) is 54.3. The van der Waals surface area contributed by atoms with Crippen LogP contribution in [0.4, 0.5) is 0 Å². The summed E-state index contributed by atoms with van der Waals surface area (Å²) in [6.07, 6.45) is -11.3. The number of ether oxygens (including phenoxy) is 8. The number of esters is 2. The monoisotopic (exact) mass is 1460 g/mol. The van der Waals surface area contributed by atoms with Crippen LogP contribution >= 0.6 is 0 Å². The van der Waals surface area contributed by atoms with Gasteiger partial charge < -0.3 is 150 Å². The zero-order chi connectivity index (χ0) is 75.7. The molecule has 8 aromatic carbocycles. The summed E-state index contributed by atoms with van der Waals surface area (Å²) in [6.45, 7) is 0. The van der Waals surface area contributed by atoms with E-state index < -0.39 is 216 Å². The van der Waals surface area contributed by atoms with E-state index in [-0.39, 0.29) is 110 Å². The molecule has 34 heteroatoms. The molecule has 0 aromatic heterocycles. The number of Topliss-reactive ketones (excluding diaryl/α,β-unsaturated/α-hetero) is 1. The molecule has 0 saturated carbocycles. The molecule has 12 atom stereocenters. The second-order valence-corrected chi connectivity index (χ2v) is 26.2. The molecule has 0 amide bonds. The Bertz CT molecular complexity index is 5230. The Morgan fingerprint density at radius 2 is 0.774 bits per heavy atom. The minimum Gasteiger partial charge on any atom is -0.508 e. The van der Waals surface area contributed by atoms with E-state index in [0.29, 0.717) is 0 Å². The molecule has 34 nitrogen and oxygen atoms in total. The van der Waals surface area contributed by atoms with Gasteiger partial charge in [0.05, 0.1) is 29.3 Å². The van der Waals surface area contributed by atoms with Crippen LogP contribution in [0.3, 0.4) is 0 Å². The Morgan fingerprint density at radius 1 is 0.406 bits per heavy atom. The van der Waals surface area contributed by atoms with Gasteiger partial charge in [0, 0.05) is 125 Å². The number of aliphatic hydroxyl groups is 4. The molecule has 0 radical (unpaired) electrons. The van der Waals surface area contributed by atoms with Gasteiger partial charge >= 0.3 is 11.9 Å². The largest absolute Gasteiger partial charge is 0.508 e. The second kappa shape index (κ2) is 24.0. The number of fused-ring (bicyclic) bond motifs is 10. The third-order valence-corrected chi connectivity index (χ3v) is 19.7. The SMILES string of the molecule is O=C(OC1Cc2c(O)cc(O)cc2OC1c1cc(O)c(O)c2c1C1C(=O)C(O)=CC1(C1Oc3cc(O)cc(O)c3CC1O)O2)c1cc(O)c(O)c(O)c1.O=C(OC1Cc2c(O)cc(O)cc2OC1c1cc(O)c(O)c2c1C1C(C3Oc4cc(O)cc(O)c4CC3O)=CC(=O)C1(O)O2)c1cc(O)c(O)c(O)c1. The molecule has 2 aliphatic carbocycles. The van der Waals surface area contributed by atoms with Crippen molar-refractivity contribution in [3.8, 4) is 138 Å². The van der Waals surface area contributed by atoms with E-state index >= 15 is 0 Å². The Kier molecular flexibility index (Phi) is 15.4. The molecule has 16 rings (SSSR count). The third-order valence-electron chi connectivity index (χ3n) is 19.7. The summed E-state index contributed by atoms with van der Waals surface area (Å²) in [5, 5.41) is 232. The number of carbonyl (C=O) groups excluding carboxylic acids is 4. The average molecular weight is 1470 g/mol. The fraction of sp³-hybridized carbons (Fsp3) is 0.222. The maximum atomic E-state index is 13.9. The normalized spacial score (nSPS) is 25.1. The number of aliphatic hydroxyl groups excluding tert-OH is 3. The molecule has 0 spiro atoms. The predicted octanol–water partition coefficient (Wildman–Crippen LogP) is 4.52. The molecular formula is C72H56O34. The Labute approximate surface area is 590 Å². The van der Waals surface area contributed by atoms with E-state index in [9.17, 15) is 132 Å². The van der Waals surface area contributed by atoms with Gasteiger partial charge in [0.2, 0.25) is 23.1 Å². The third kappa shape index (κ3) is 10.6. The molecule has 0 fully saturated rings. The van der Waals surface area contributed by atoms with Crippen LogP contribution in [0.25, 0.3) is 0 Å². The van der Waals surface area contributed by atoms with E-state index in [1.807, 2.05) is 0 Å². The number of hydrogen-bond donors (Lipinski definition) is 22. The number of ketones is 2. The molecule has 12 unspecified atom stereocenters. The van der Waals surface area contributed by atoms with Crippen molar-refractivity contribution in [2.24, 2.45) is 0 Å². The van der Waals surface area contributed by atoms with Gasteiger partial charge in [0.15, 0.2) is 87.2 Å². The molecule has 8 aromatic rings. The number of allylic oxidation sites excluding steroid dienone is 1. The first-order valence-corrected chi connectivity index (χ1v) is 31.8. The highest BCUT2D eigenvalue weighted by Gasteiger charge is 2.67. The van der Waals surface area contributed by atoms with Crippen LogP contribution < -0.4 is 28.4 Å². The van der Waals surface area contributed by atoms with E-state index in [1.54, 1.807) is 0 Å². The highest BCUT2D eigenvalue weighted by atomic mass is 16.6. The van der Waals surface area contributed by atoms with Crippen LogP contribution in [-0.4, -0.2) is 184 Å². The van der Waals surface area contributed by atoms with E-state index in [2.05, 4.69) is 0 Å². The number of carbonyl (C=O) groups is 4. The Morgan fingerprint density at radius 3 is 1.21 bits per heavy atom. The topological polar surface area (TPSA) is 587 Å². The number of hydrogen-bond acceptors (Lipinski definition) is 34. The number of rotatable bonds is 8. The maximum absolute atomic E-state index is 13.9. The van der Waals surface area contributed by atoms with Crippen molar-refractivity contribution in [2.45, 2.75) is 97.7 Å². The average Bonchev–Trinajstić information content (AvgIpc) is 1.55. The van der Waals surface area contributed by atoms with Gasteiger partial charge in [-0.25, -0.2) is 9.59 Å². The van der Waals surface area contributed by atoms with Crippen LogP contribution in [0.2, 0.25) is 0 Å². The molecular weight excluding hydrogens is 1410 g/mol. The lowest BCUT2D eigenvalue weighted by molar-refractivity contribution is -0.163. The van der Waals surface area contributed by atoms with Gasteiger partial charge in [0.25, 0.3) is 5.79 Å². The van der Waals surface area contributed by atoms with Crippen molar-refractivity contribution in [3.05, 3.63) is 164 Å². The highest BCUT2D eigenvalue weighted by Crippen LogP contribution is 2.64. The van der Waals surface area contributed by atoms with E-state index in [4.69, 9.17) is 37.9 Å². The first kappa shape index (κ1) is 68.2. The summed E-state index contributed by atoms with van der Waals surface area (Å²) in [5.41, 5.74) is -3.41. The quantitative estimate of drug-likeness (QED) is 0.0734. The zero-order valence-electron chi connectivity index (χ0n) is 53.6. The summed E-state index contributed by atoms with van der Waals surface area (Å²) in [5.74, 6) is -24.6. The highest BCUT2D eigenvalue weighted by molar-refractivity contribution is 6.05. The van der Waals surface area contributed by atoms with Crippen LogP contribution in [0.5, 0.6) is 138 Å². The second-order valence-electron chi connectivity index (χ2n) is 26.2. The first-order chi connectivity index (χ1) is 50.1. The standard InChI is InChI=1S/2C36H28O17/c37-12-4-18(40)15-9-26(52-35(49)11-1-19(41)29(46)20(42)2-11)32(50-24(15)5-12)16-8-21(43)31(48)33-27(16)28-30(47)23(45)10-36(28,53-33)34-22(44)7-14-17(39)3-13(38)6-25(14)51-34;37-12-3-18(39)14-7-23(44)32(50-24(14)5-12)17-10-27(45)36(49)29(17)28-16(8-22(43)31(47)34(28)53-36)33-26(9-15-19(40)4-13(38)6-25(15)51-33)52-35(48)11-1-20(41)30(46)21(42)2-11/h1-6,8,10,22,26,28,32,34,37-46,48H,7,9H2;1-6,8,10,23,26,29,32-33,37-44,46-47,49H,7,9H2. The zero-order valence-corrected chi connectivity index (χ0v) is 53.6. The van der Waals surface area contributed by atoms with Crippen LogP contribution in [0, 0.1) is 0 Å². The van der Waals surface area contributed by atoms with Crippen molar-refractivity contribution in [1.82, 2.24) is 0 Å². The van der Waals surface area contributed by atoms with Gasteiger partial charge in [-0.15, -0.1) is 0 Å². The molecule has 6 aliphatic heterocycles. The lowest BCUT2D eigenvalue weighted by Crippen LogP contribution is -2.57. The van der Waals surface area contributed by atoms with E-state index in [1.165, 1.54) is 6.07 Å². The van der Waals surface area contributed by atoms with Crippen molar-refractivity contribution in [2.75, 3.05) is 0 Å². The fourth-order valence-corrected chi connectivity index (χ4v) is 14.9. The lowest BCUT2D eigenvalue weighted by atomic mass is 9.76. The number of benzene rings is 8. The molecule has 8 aliphatic rings. The fourth-order valence-electron chi connectivity index (χ4n) is 14.9. The molecule has 6 heterocycles. The van der Waals surface area contributed by atoms with Crippen molar-refractivity contribution >= 4 is 23.5 Å². The van der Waals surface area contributed by atoms with Crippen LogP contribution in [0.1, 0.15) is 89.3 Å². The Hall–Kier alpha value is -13.6. The first-order valence-electron chi connectivity index (χ1n) is 31.8. The van der Waals surface area contributed by atoms with Crippen LogP contribution in [-0.2, 0) is 44.7 Å². The number of aromatic hydroxyl groups is 18. The Balaban J connectivity index is 0.000000170. The van der Waals surface area contributed by atoms with Gasteiger partial charge in [-0.3, -0.25) is 9.59 Å². The molecule has 22 N–H and O–H groups in total. The summed E-state index contributed by atoms with van der Waals surface area (Å²) < 4.78 is 47.8. The van der Waals surface area contributed by atoms with E-state index in [0.717, 1.165) is 91.0 Å². The van der Waals surface area contributed by atoms with Crippen molar-refractivity contribution in [3.63, 3.8) is 0 Å². The molecule has 0 saturated heterocycles. The van der Waals surface area contributed by atoms with Crippen molar-refractivity contribution in [1.29, 1.82) is 0 Å².